The van der Waals surface area contributed by atoms with E-state index < -0.39 is 36.3 Å². The first-order valence-electron chi connectivity index (χ1n) is 11.0. The van der Waals surface area contributed by atoms with E-state index in [2.05, 4.69) is 10.6 Å². The van der Waals surface area contributed by atoms with Crippen molar-refractivity contribution in [2.45, 2.75) is 92.1 Å². The molecule has 0 heterocycles. The number of benzene rings is 1. The normalized spacial score (nSPS) is 13.5. The average Bonchev–Trinajstić information content (AvgIpc) is 2.63. The molecule has 1 aromatic rings. The van der Waals surface area contributed by atoms with Crippen LogP contribution in [-0.4, -0.2) is 58.2 Å². The summed E-state index contributed by atoms with van der Waals surface area (Å²) in [6.45, 7) is 15.6. The van der Waals surface area contributed by atoms with Crippen molar-refractivity contribution < 1.29 is 24.2 Å². The number of nitrogens with one attached hydrogen (secondary N) is 2. The molecule has 0 aromatic heterocycles. The van der Waals surface area contributed by atoms with Crippen LogP contribution in [0.2, 0.25) is 0 Å². The van der Waals surface area contributed by atoms with Gasteiger partial charge in [0.05, 0.1) is 6.61 Å². The van der Waals surface area contributed by atoms with Crippen LogP contribution in [0.15, 0.2) is 18.2 Å². The maximum atomic E-state index is 13.5. The van der Waals surface area contributed by atoms with Crippen molar-refractivity contribution in [2.75, 3.05) is 6.61 Å². The van der Waals surface area contributed by atoms with Crippen molar-refractivity contribution in [3.8, 4) is 0 Å². The highest BCUT2D eigenvalue weighted by atomic mass is 16.6. The van der Waals surface area contributed by atoms with Gasteiger partial charge in [-0.2, -0.15) is 0 Å². The van der Waals surface area contributed by atoms with E-state index in [4.69, 9.17) is 4.74 Å². The number of aliphatic hydroxyl groups is 1. The minimum Gasteiger partial charge on any atom is -0.444 e. The van der Waals surface area contributed by atoms with Gasteiger partial charge in [0, 0.05) is 12.1 Å². The Morgan fingerprint density at radius 3 is 2.12 bits per heavy atom. The summed E-state index contributed by atoms with van der Waals surface area (Å²) in [4.78, 5) is 40.5. The van der Waals surface area contributed by atoms with Gasteiger partial charge in [0.2, 0.25) is 11.8 Å². The predicted molar refractivity (Wildman–Crippen MR) is 124 cm³/mol. The highest BCUT2D eigenvalue weighted by Crippen LogP contribution is 2.29. The van der Waals surface area contributed by atoms with E-state index in [0.717, 1.165) is 11.1 Å². The number of aryl methyl sites for hydroxylation is 1. The number of hydrogen-bond donors (Lipinski definition) is 3. The molecule has 0 aliphatic heterocycles. The number of alkyl carbamates (subject to hydrolysis) is 1. The fourth-order valence-electron chi connectivity index (χ4n) is 3.35. The summed E-state index contributed by atoms with van der Waals surface area (Å²) in [7, 11) is 0. The molecule has 180 valence electrons. The summed E-state index contributed by atoms with van der Waals surface area (Å²) in [5, 5.41) is 15.2. The van der Waals surface area contributed by atoms with Gasteiger partial charge in [-0.15, -0.1) is 0 Å². The zero-order valence-corrected chi connectivity index (χ0v) is 20.8. The van der Waals surface area contributed by atoms with Crippen molar-refractivity contribution in [2.24, 2.45) is 0 Å². The number of carbonyl (C=O) groups is 3. The summed E-state index contributed by atoms with van der Waals surface area (Å²) >= 11 is 0. The molecular formula is C24H39N3O5. The van der Waals surface area contributed by atoms with E-state index in [-0.39, 0.29) is 18.0 Å². The van der Waals surface area contributed by atoms with Gasteiger partial charge in [-0.1, -0.05) is 18.2 Å². The molecule has 8 heteroatoms. The molecule has 0 aliphatic rings. The summed E-state index contributed by atoms with van der Waals surface area (Å²) in [5.41, 5.74) is 1.82. The van der Waals surface area contributed by atoms with Crippen LogP contribution in [-0.2, 0) is 14.3 Å². The third-order valence-electron chi connectivity index (χ3n) is 4.88. The lowest BCUT2D eigenvalue weighted by atomic mass is 9.94. The van der Waals surface area contributed by atoms with Crippen LogP contribution in [0.3, 0.4) is 0 Å². The van der Waals surface area contributed by atoms with Crippen molar-refractivity contribution in [3.05, 3.63) is 34.9 Å². The molecule has 2 unspecified atom stereocenters. The zero-order chi connectivity index (χ0) is 24.8. The Morgan fingerprint density at radius 1 is 1.06 bits per heavy atom. The maximum Gasteiger partial charge on any atom is 0.408 e. The van der Waals surface area contributed by atoms with E-state index in [1.807, 2.05) is 45.9 Å². The number of ether oxygens (including phenoxy) is 1. The first-order valence-corrected chi connectivity index (χ1v) is 11.0. The fourth-order valence-corrected chi connectivity index (χ4v) is 3.35. The number of hydrogen-bond acceptors (Lipinski definition) is 5. The van der Waals surface area contributed by atoms with E-state index in [1.165, 1.54) is 4.90 Å². The standard InChI is InChI=1S/C24H39N3O5/c1-14(2)25-21(29)20(18-12-10-11-16(5)17(18)6)27(15(3)4)22(30)19(13-28)26-23(31)32-24(7,8)9/h10-12,14-15,19-20,28H,13H2,1-9H3,(H,25,29)(H,26,31). The SMILES string of the molecule is Cc1cccc(C(C(=O)NC(C)C)N(C(=O)C(CO)NC(=O)OC(C)(C)C)C(C)C)c1C. The lowest BCUT2D eigenvalue weighted by Gasteiger charge is -2.37. The molecule has 3 N–H and O–H groups in total. The second-order valence-electron chi connectivity index (χ2n) is 9.58. The Hall–Kier alpha value is -2.61. The van der Waals surface area contributed by atoms with Crippen molar-refractivity contribution >= 4 is 17.9 Å². The molecule has 0 fully saturated rings. The minimum atomic E-state index is -1.26. The first-order chi connectivity index (χ1) is 14.7. The molecule has 8 nitrogen and oxygen atoms in total. The quantitative estimate of drug-likeness (QED) is 0.565. The van der Waals surface area contributed by atoms with Gasteiger partial charge in [0.15, 0.2) is 0 Å². The highest BCUT2D eigenvalue weighted by Gasteiger charge is 2.38. The predicted octanol–water partition coefficient (Wildman–Crippen LogP) is 2.99. The Kier molecular flexibility index (Phi) is 9.70. The van der Waals surface area contributed by atoms with Gasteiger partial charge >= 0.3 is 6.09 Å². The molecule has 0 saturated carbocycles. The molecule has 1 aromatic carbocycles. The van der Waals surface area contributed by atoms with Gasteiger partial charge in [0.25, 0.3) is 0 Å². The summed E-state index contributed by atoms with van der Waals surface area (Å²) in [5.74, 6) is -0.900. The van der Waals surface area contributed by atoms with Crippen LogP contribution in [0.4, 0.5) is 4.79 Å². The second kappa shape index (κ2) is 11.3. The van der Waals surface area contributed by atoms with Gasteiger partial charge in [-0.3, -0.25) is 9.59 Å². The van der Waals surface area contributed by atoms with Crippen LogP contribution < -0.4 is 10.6 Å². The Balaban J connectivity index is 3.43. The molecular weight excluding hydrogens is 410 g/mol. The lowest BCUT2D eigenvalue weighted by molar-refractivity contribution is -0.145. The fraction of sp³-hybridized carbons (Fsp3) is 0.625. The van der Waals surface area contributed by atoms with E-state index in [0.29, 0.717) is 5.56 Å². The number of amides is 3. The molecule has 1 rings (SSSR count). The van der Waals surface area contributed by atoms with Gasteiger partial charge in [0.1, 0.15) is 17.7 Å². The van der Waals surface area contributed by atoms with Crippen molar-refractivity contribution in [1.29, 1.82) is 0 Å². The number of nitrogens with zero attached hydrogens (tertiary/aromatic N) is 1. The first kappa shape index (κ1) is 27.4. The zero-order valence-electron chi connectivity index (χ0n) is 20.8. The average molecular weight is 450 g/mol. The van der Waals surface area contributed by atoms with E-state index in [1.54, 1.807) is 34.6 Å². The third-order valence-corrected chi connectivity index (χ3v) is 4.88. The molecule has 3 amide bonds. The van der Waals surface area contributed by atoms with Gasteiger partial charge in [-0.25, -0.2) is 4.79 Å². The number of carbonyl (C=O) groups excluding carboxylic acids is 3. The Labute approximate surface area is 191 Å². The van der Waals surface area contributed by atoms with Crippen LogP contribution in [0.25, 0.3) is 0 Å². The van der Waals surface area contributed by atoms with Crippen molar-refractivity contribution in [1.82, 2.24) is 15.5 Å². The van der Waals surface area contributed by atoms with E-state index >= 15 is 0 Å². The highest BCUT2D eigenvalue weighted by molar-refractivity contribution is 5.92. The molecule has 2 atom stereocenters. The molecule has 32 heavy (non-hydrogen) atoms. The summed E-state index contributed by atoms with van der Waals surface area (Å²) in [6.07, 6.45) is -0.816. The molecule has 0 aliphatic carbocycles. The molecule has 0 bridgehead atoms. The Morgan fingerprint density at radius 2 is 1.66 bits per heavy atom. The summed E-state index contributed by atoms with van der Waals surface area (Å²) in [6, 6.07) is 2.90. The molecule has 0 spiro atoms. The smallest absolute Gasteiger partial charge is 0.408 e. The van der Waals surface area contributed by atoms with Crippen molar-refractivity contribution in [3.63, 3.8) is 0 Å². The lowest BCUT2D eigenvalue weighted by Crippen LogP contribution is -2.56. The monoisotopic (exact) mass is 449 g/mol. The van der Waals surface area contributed by atoms with Gasteiger partial charge in [-0.05, 0) is 79.0 Å². The second-order valence-corrected chi connectivity index (χ2v) is 9.58. The third kappa shape index (κ3) is 7.51. The Bertz CT molecular complexity index is 814. The molecule has 0 saturated heterocycles. The van der Waals surface area contributed by atoms with Crippen LogP contribution >= 0.6 is 0 Å². The topological polar surface area (TPSA) is 108 Å². The number of rotatable bonds is 8. The van der Waals surface area contributed by atoms with Crippen LogP contribution in [0.1, 0.15) is 71.2 Å². The largest absolute Gasteiger partial charge is 0.444 e. The summed E-state index contributed by atoms with van der Waals surface area (Å²) < 4.78 is 5.23. The molecule has 0 radical (unpaired) electrons. The van der Waals surface area contributed by atoms with Crippen LogP contribution in [0, 0.1) is 13.8 Å². The van der Waals surface area contributed by atoms with Gasteiger partial charge < -0.3 is 25.4 Å². The van der Waals surface area contributed by atoms with E-state index in [9.17, 15) is 19.5 Å². The minimum absolute atomic E-state index is 0.132. The van der Waals surface area contributed by atoms with Crippen LogP contribution in [0.5, 0.6) is 0 Å². The number of aliphatic hydroxyl groups excluding tert-OH is 1. The maximum absolute atomic E-state index is 13.5.